The summed E-state index contributed by atoms with van der Waals surface area (Å²) in [6.45, 7) is 3.80. The number of benzene rings is 1. The fourth-order valence-electron chi connectivity index (χ4n) is 3.93. The van der Waals surface area contributed by atoms with E-state index < -0.39 is 33.8 Å². The summed E-state index contributed by atoms with van der Waals surface area (Å²) in [6, 6.07) is 8.31. The van der Waals surface area contributed by atoms with Crippen LogP contribution in [0.2, 0.25) is 0 Å². The van der Waals surface area contributed by atoms with E-state index >= 15 is 0 Å². The standard InChI is InChI=1S/C22H31N5O4S2/c1-17(21(23)28)27(20-14-32-16-24-20)22(29)19(13-18-7-4-3-5-8-18)15-33(30,31)26-10-6-9-25(2)11-12-26/h3-5,7-8,14,16-17,19H,6,9-13,15H2,1-2H3,(H2,23,28). The van der Waals surface area contributed by atoms with Crippen LogP contribution >= 0.6 is 11.3 Å². The molecule has 0 bridgehead atoms. The molecule has 3 rings (SSSR count). The molecule has 1 fully saturated rings. The Hall–Kier alpha value is -2.34. The zero-order chi connectivity index (χ0) is 24.0. The van der Waals surface area contributed by atoms with Crippen LogP contribution in [0, 0.1) is 5.92 Å². The van der Waals surface area contributed by atoms with Crippen molar-refractivity contribution in [2.75, 3.05) is 43.9 Å². The lowest BCUT2D eigenvalue weighted by atomic mass is 9.99. The van der Waals surface area contributed by atoms with Gasteiger partial charge in [0.1, 0.15) is 11.9 Å². The lowest BCUT2D eigenvalue weighted by Crippen LogP contribution is -2.51. The summed E-state index contributed by atoms with van der Waals surface area (Å²) in [5.74, 6) is -2.12. The molecule has 0 radical (unpaired) electrons. The van der Waals surface area contributed by atoms with Crippen LogP contribution in [-0.4, -0.2) is 79.4 Å². The van der Waals surface area contributed by atoms with E-state index in [0.29, 0.717) is 25.5 Å². The van der Waals surface area contributed by atoms with Crippen molar-refractivity contribution in [1.82, 2.24) is 14.2 Å². The number of thiazole rings is 1. The lowest BCUT2D eigenvalue weighted by molar-refractivity contribution is -0.126. The fourth-order valence-corrected chi connectivity index (χ4v) is 6.20. The van der Waals surface area contributed by atoms with Gasteiger partial charge in [0.2, 0.25) is 21.8 Å². The maximum atomic E-state index is 13.8. The predicted octanol–water partition coefficient (Wildman–Crippen LogP) is 1.18. The third-order valence-electron chi connectivity index (χ3n) is 5.86. The number of amides is 2. The molecule has 2 aromatic rings. The predicted molar refractivity (Wildman–Crippen MR) is 129 cm³/mol. The van der Waals surface area contributed by atoms with Gasteiger partial charge in [-0.1, -0.05) is 30.3 Å². The van der Waals surface area contributed by atoms with Crippen molar-refractivity contribution in [1.29, 1.82) is 0 Å². The number of carbonyl (C=O) groups excluding carboxylic acids is 2. The molecule has 2 heterocycles. The van der Waals surface area contributed by atoms with Gasteiger partial charge in [-0.05, 0) is 38.9 Å². The summed E-state index contributed by atoms with van der Waals surface area (Å²) in [5.41, 5.74) is 7.91. The monoisotopic (exact) mass is 493 g/mol. The number of hydrogen-bond acceptors (Lipinski definition) is 7. The number of sulfonamides is 1. The van der Waals surface area contributed by atoms with E-state index in [1.807, 2.05) is 37.4 Å². The van der Waals surface area contributed by atoms with Gasteiger partial charge in [0, 0.05) is 25.0 Å². The van der Waals surface area contributed by atoms with Crippen molar-refractivity contribution in [2.24, 2.45) is 11.7 Å². The average molecular weight is 494 g/mol. The first-order valence-electron chi connectivity index (χ1n) is 10.9. The van der Waals surface area contributed by atoms with E-state index in [1.165, 1.54) is 27.5 Å². The molecule has 1 aromatic carbocycles. The van der Waals surface area contributed by atoms with Crippen molar-refractivity contribution in [3.05, 3.63) is 46.8 Å². The second-order valence-electron chi connectivity index (χ2n) is 8.35. The van der Waals surface area contributed by atoms with Crippen LogP contribution in [-0.2, 0) is 26.0 Å². The van der Waals surface area contributed by atoms with Gasteiger partial charge in [-0.25, -0.2) is 17.7 Å². The van der Waals surface area contributed by atoms with Crippen molar-refractivity contribution < 1.29 is 18.0 Å². The molecule has 1 aromatic heterocycles. The number of rotatable bonds is 9. The van der Waals surface area contributed by atoms with E-state index in [0.717, 1.165) is 18.5 Å². The second-order valence-corrected chi connectivity index (χ2v) is 11.1. The molecule has 1 saturated heterocycles. The molecule has 1 aliphatic heterocycles. The van der Waals surface area contributed by atoms with E-state index in [-0.39, 0.29) is 12.2 Å². The summed E-state index contributed by atoms with van der Waals surface area (Å²) in [6.07, 6.45) is 0.954. The normalized spacial score (nSPS) is 17.8. The first-order chi connectivity index (χ1) is 15.7. The Bertz CT molecular complexity index is 1030. The minimum atomic E-state index is -3.72. The summed E-state index contributed by atoms with van der Waals surface area (Å²) in [4.78, 5) is 33.3. The molecule has 9 nitrogen and oxygen atoms in total. The van der Waals surface area contributed by atoms with Crippen molar-refractivity contribution in [2.45, 2.75) is 25.8 Å². The molecule has 2 unspecified atom stereocenters. The number of carbonyl (C=O) groups is 2. The maximum absolute atomic E-state index is 13.8. The molecule has 2 atom stereocenters. The topological polar surface area (TPSA) is 117 Å². The highest BCUT2D eigenvalue weighted by Gasteiger charge is 2.37. The quantitative estimate of drug-likeness (QED) is 0.561. The Balaban J connectivity index is 1.92. The van der Waals surface area contributed by atoms with Crippen molar-refractivity contribution >= 4 is 39.0 Å². The maximum Gasteiger partial charge on any atom is 0.240 e. The largest absolute Gasteiger partial charge is 0.368 e. The van der Waals surface area contributed by atoms with Crippen LogP contribution < -0.4 is 10.6 Å². The van der Waals surface area contributed by atoms with Gasteiger partial charge in [0.15, 0.2) is 0 Å². The number of aromatic nitrogens is 1. The summed E-state index contributed by atoms with van der Waals surface area (Å²) < 4.78 is 28.3. The lowest BCUT2D eigenvalue weighted by Gasteiger charge is -2.30. The fraction of sp³-hybridized carbons (Fsp3) is 0.500. The Morgan fingerprint density at radius 2 is 1.91 bits per heavy atom. The molecule has 33 heavy (non-hydrogen) atoms. The minimum absolute atomic E-state index is 0.221. The molecule has 11 heteroatoms. The molecule has 0 saturated carbocycles. The zero-order valence-corrected chi connectivity index (χ0v) is 20.6. The van der Waals surface area contributed by atoms with E-state index in [2.05, 4.69) is 9.88 Å². The molecule has 0 aliphatic carbocycles. The number of hydrogen-bond donors (Lipinski definition) is 1. The van der Waals surface area contributed by atoms with Crippen molar-refractivity contribution in [3.63, 3.8) is 0 Å². The summed E-state index contributed by atoms with van der Waals surface area (Å²) in [5, 5.41) is 1.65. The van der Waals surface area contributed by atoms with Gasteiger partial charge in [-0.2, -0.15) is 0 Å². The Kier molecular flexibility index (Phi) is 8.57. The van der Waals surface area contributed by atoms with Crippen LogP contribution in [0.1, 0.15) is 18.9 Å². The number of likely N-dealkylation sites (N-methyl/N-ethyl adjacent to an activating group) is 1. The highest BCUT2D eigenvalue weighted by Crippen LogP contribution is 2.24. The summed E-state index contributed by atoms with van der Waals surface area (Å²) >= 11 is 1.28. The molecular formula is C22H31N5O4S2. The van der Waals surface area contributed by atoms with Gasteiger partial charge in [0.25, 0.3) is 0 Å². The zero-order valence-electron chi connectivity index (χ0n) is 19.0. The van der Waals surface area contributed by atoms with Gasteiger partial charge in [-0.15, -0.1) is 11.3 Å². The highest BCUT2D eigenvalue weighted by molar-refractivity contribution is 7.89. The molecule has 1 aliphatic rings. The van der Waals surface area contributed by atoms with Crippen molar-refractivity contribution in [3.8, 4) is 0 Å². The Labute approximate surface area is 199 Å². The molecular weight excluding hydrogens is 462 g/mol. The van der Waals surface area contributed by atoms with Crippen LogP contribution in [0.25, 0.3) is 0 Å². The third-order valence-corrected chi connectivity index (χ3v) is 8.41. The van der Waals surface area contributed by atoms with E-state index in [1.54, 1.807) is 10.9 Å². The van der Waals surface area contributed by atoms with Crippen LogP contribution in [0.5, 0.6) is 0 Å². The SMILES string of the molecule is CC(C(N)=O)N(C(=O)C(Cc1ccccc1)CS(=O)(=O)N1CCCN(C)CC1)c1cscn1. The van der Waals surface area contributed by atoms with Crippen LogP contribution in [0.3, 0.4) is 0 Å². The number of anilines is 1. The Morgan fingerprint density at radius 1 is 1.18 bits per heavy atom. The Morgan fingerprint density at radius 3 is 2.55 bits per heavy atom. The molecule has 180 valence electrons. The third kappa shape index (κ3) is 6.59. The number of nitrogens with two attached hydrogens (primary N) is 1. The molecule has 0 spiro atoms. The number of nitrogens with zero attached hydrogens (tertiary/aromatic N) is 4. The minimum Gasteiger partial charge on any atom is -0.368 e. The van der Waals surface area contributed by atoms with Gasteiger partial charge < -0.3 is 10.6 Å². The van der Waals surface area contributed by atoms with Crippen LogP contribution in [0.4, 0.5) is 5.82 Å². The van der Waals surface area contributed by atoms with Gasteiger partial charge in [-0.3, -0.25) is 14.5 Å². The van der Waals surface area contributed by atoms with Gasteiger partial charge in [0.05, 0.1) is 17.2 Å². The highest BCUT2D eigenvalue weighted by atomic mass is 32.2. The first-order valence-corrected chi connectivity index (χ1v) is 13.4. The second kappa shape index (κ2) is 11.2. The molecule has 2 amide bonds. The molecule has 2 N–H and O–H groups in total. The van der Waals surface area contributed by atoms with E-state index in [4.69, 9.17) is 5.73 Å². The average Bonchev–Trinajstić information content (AvgIpc) is 3.20. The van der Waals surface area contributed by atoms with Crippen LogP contribution in [0.15, 0.2) is 41.2 Å². The smallest absolute Gasteiger partial charge is 0.240 e. The number of primary amides is 1. The van der Waals surface area contributed by atoms with E-state index in [9.17, 15) is 18.0 Å². The first kappa shape index (κ1) is 25.3. The summed E-state index contributed by atoms with van der Waals surface area (Å²) in [7, 11) is -1.75. The van der Waals surface area contributed by atoms with Gasteiger partial charge >= 0.3 is 0 Å².